The lowest BCUT2D eigenvalue weighted by Gasteiger charge is -2.01. The lowest BCUT2D eigenvalue weighted by Crippen LogP contribution is -1.90. The number of benzene rings is 2. The molecule has 0 aliphatic carbocycles. The van der Waals surface area contributed by atoms with Gasteiger partial charge in [-0.2, -0.15) is 5.10 Å². The largest absolute Gasteiger partial charge is 0.360 e. The van der Waals surface area contributed by atoms with Gasteiger partial charge < -0.3 is 4.98 Å². The number of nitrogens with zero attached hydrogens (tertiary/aromatic N) is 1. The van der Waals surface area contributed by atoms with Crippen LogP contribution in [0.25, 0.3) is 10.9 Å². The van der Waals surface area contributed by atoms with E-state index in [2.05, 4.69) is 40.6 Å². The SMILES string of the molecule is CCc1cccc2c(/C=N/Nc3ccccc3Cl)c[nH]c12. The standard InChI is InChI=1S/C17H16ClN3/c1-2-12-6-5-7-14-13(10-19-17(12)14)11-20-21-16-9-4-3-8-15(16)18/h3-11,19,21H,2H2,1H3/b20-11+. The van der Waals surface area contributed by atoms with E-state index in [4.69, 9.17) is 11.6 Å². The number of fused-ring (bicyclic) bond motifs is 1. The Morgan fingerprint density at radius 1 is 1.19 bits per heavy atom. The molecule has 0 aliphatic heterocycles. The van der Waals surface area contributed by atoms with Crippen molar-refractivity contribution in [2.24, 2.45) is 5.10 Å². The molecule has 0 saturated heterocycles. The number of anilines is 1. The zero-order valence-electron chi connectivity index (χ0n) is 11.7. The van der Waals surface area contributed by atoms with Gasteiger partial charge >= 0.3 is 0 Å². The van der Waals surface area contributed by atoms with Gasteiger partial charge in [-0.1, -0.05) is 48.9 Å². The number of hydrazone groups is 1. The molecule has 1 aromatic heterocycles. The average molecular weight is 298 g/mol. The van der Waals surface area contributed by atoms with Crippen LogP contribution < -0.4 is 5.43 Å². The number of para-hydroxylation sites is 2. The van der Waals surface area contributed by atoms with E-state index in [9.17, 15) is 0 Å². The minimum Gasteiger partial charge on any atom is -0.360 e. The number of hydrogen-bond acceptors (Lipinski definition) is 2. The summed E-state index contributed by atoms with van der Waals surface area (Å²) in [5.41, 5.74) is 7.31. The Kier molecular flexibility index (Phi) is 3.93. The van der Waals surface area contributed by atoms with E-state index in [0.29, 0.717) is 5.02 Å². The maximum atomic E-state index is 6.08. The van der Waals surface area contributed by atoms with Gasteiger partial charge in [0.25, 0.3) is 0 Å². The van der Waals surface area contributed by atoms with E-state index in [-0.39, 0.29) is 0 Å². The van der Waals surface area contributed by atoms with Gasteiger partial charge in [0.05, 0.1) is 16.9 Å². The van der Waals surface area contributed by atoms with Crippen molar-refractivity contribution >= 4 is 34.4 Å². The van der Waals surface area contributed by atoms with Crippen LogP contribution in [0.1, 0.15) is 18.1 Å². The van der Waals surface area contributed by atoms with E-state index >= 15 is 0 Å². The van der Waals surface area contributed by atoms with Gasteiger partial charge in [0.15, 0.2) is 0 Å². The smallest absolute Gasteiger partial charge is 0.0748 e. The number of H-pyrrole nitrogens is 1. The molecule has 0 aliphatic rings. The monoisotopic (exact) mass is 297 g/mol. The molecule has 3 aromatic rings. The molecule has 0 saturated carbocycles. The van der Waals surface area contributed by atoms with Crippen molar-refractivity contribution in [2.75, 3.05) is 5.43 Å². The zero-order valence-corrected chi connectivity index (χ0v) is 12.5. The second-order valence-electron chi connectivity index (χ2n) is 4.79. The highest BCUT2D eigenvalue weighted by Gasteiger charge is 2.04. The molecule has 3 rings (SSSR count). The number of rotatable bonds is 4. The molecule has 0 bridgehead atoms. The molecule has 1 heterocycles. The first-order chi connectivity index (χ1) is 10.3. The molecular weight excluding hydrogens is 282 g/mol. The Labute approximate surface area is 128 Å². The summed E-state index contributed by atoms with van der Waals surface area (Å²) >= 11 is 6.08. The Balaban J connectivity index is 1.85. The molecule has 0 radical (unpaired) electrons. The summed E-state index contributed by atoms with van der Waals surface area (Å²) in [6.45, 7) is 2.16. The Bertz CT molecular complexity index is 790. The summed E-state index contributed by atoms with van der Waals surface area (Å²) in [4.78, 5) is 3.32. The van der Waals surface area contributed by atoms with Crippen LogP contribution in [-0.2, 0) is 6.42 Å². The predicted octanol–water partition coefficient (Wildman–Crippen LogP) is 4.83. The maximum Gasteiger partial charge on any atom is 0.0748 e. The van der Waals surface area contributed by atoms with Crippen LogP contribution in [0.3, 0.4) is 0 Å². The fraction of sp³-hybridized carbons (Fsp3) is 0.118. The topological polar surface area (TPSA) is 40.2 Å². The van der Waals surface area contributed by atoms with Crippen molar-refractivity contribution in [3.05, 3.63) is 64.8 Å². The molecule has 0 spiro atoms. The van der Waals surface area contributed by atoms with E-state index in [1.165, 1.54) is 16.5 Å². The molecule has 0 fully saturated rings. The van der Waals surface area contributed by atoms with E-state index in [1.807, 2.05) is 36.7 Å². The van der Waals surface area contributed by atoms with Gasteiger partial charge in [-0.15, -0.1) is 0 Å². The summed E-state index contributed by atoms with van der Waals surface area (Å²) in [5.74, 6) is 0. The Morgan fingerprint density at radius 3 is 2.86 bits per heavy atom. The number of hydrogen-bond donors (Lipinski definition) is 2. The fourth-order valence-electron chi connectivity index (χ4n) is 2.36. The lowest BCUT2D eigenvalue weighted by molar-refractivity contribution is 1.15. The summed E-state index contributed by atoms with van der Waals surface area (Å²) in [6, 6.07) is 13.9. The highest BCUT2D eigenvalue weighted by molar-refractivity contribution is 6.33. The molecule has 4 heteroatoms. The van der Waals surface area contributed by atoms with Gasteiger partial charge in [0.1, 0.15) is 0 Å². The molecule has 2 N–H and O–H groups in total. The number of aryl methyl sites for hydroxylation is 1. The first kappa shape index (κ1) is 13.7. The van der Waals surface area contributed by atoms with Crippen LogP contribution in [0.15, 0.2) is 53.8 Å². The molecule has 0 unspecified atom stereocenters. The minimum absolute atomic E-state index is 0.654. The molecule has 3 nitrogen and oxygen atoms in total. The normalized spacial score (nSPS) is 11.3. The van der Waals surface area contributed by atoms with Crippen molar-refractivity contribution in [2.45, 2.75) is 13.3 Å². The fourth-order valence-corrected chi connectivity index (χ4v) is 2.54. The predicted molar refractivity (Wildman–Crippen MR) is 90.3 cm³/mol. The van der Waals surface area contributed by atoms with Gasteiger partial charge in [-0.05, 0) is 24.1 Å². The summed E-state index contributed by atoms with van der Waals surface area (Å²) in [5, 5.41) is 6.11. The quantitative estimate of drug-likeness (QED) is 0.525. The van der Waals surface area contributed by atoms with Crippen molar-refractivity contribution in [1.82, 2.24) is 4.98 Å². The molecule has 2 aromatic carbocycles. The van der Waals surface area contributed by atoms with E-state index < -0.39 is 0 Å². The molecule has 0 amide bonds. The number of nitrogens with one attached hydrogen (secondary N) is 2. The van der Waals surface area contributed by atoms with Gasteiger partial charge in [0.2, 0.25) is 0 Å². The average Bonchev–Trinajstić information content (AvgIpc) is 2.92. The third kappa shape index (κ3) is 2.78. The number of aromatic amines is 1. The van der Waals surface area contributed by atoms with Gasteiger partial charge in [-0.3, -0.25) is 5.43 Å². The van der Waals surface area contributed by atoms with E-state index in [0.717, 1.165) is 17.7 Å². The van der Waals surface area contributed by atoms with Gasteiger partial charge in [0, 0.05) is 22.7 Å². The second kappa shape index (κ2) is 6.02. The number of halogens is 1. The highest BCUT2D eigenvalue weighted by atomic mass is 35.5. The Morgan fingerprint density at radius 2 is 2.05 bits per heavy atom. The van der Waals surface area contributed by atoms with Crippen LogP contribution in [0, 0.1) is 0 Å². The third-order valence-corrected chi connectivity index (χ3v) is 3.81. The Hall–Kier alpha value is -2.26. The third-order valence-electron chi connectivity index (χ3n) is 3.48. The molecular formula is C17H16ClN3. The molecule has 106 valence electrons. The van der Waals surface area contributed by atoms with Crippen molar-refractivity contribution < 1.29 is 0 Å². The highest BCUT2D eigenvalue weighted by Crippen LogP contribution is 2.22. The van der Waals surface area contributed by atoms with Crippen molar-refractivity contribution in [1.29, 1.82) is 0 Å². The number of aromatic nitrogens is 1. The van der Waals surface area contributed by atoms with Gasteiger partial charge in [-0.25, -0.2) is 0 Å². The van der Waals surface area contributed by atoms with Crippen LogP contribution in [0.2, 0.25) is 5.02 Å². The molecule has 21 heavy (non-hydrogen) atoms. The van der Waals surface area contributed by atoms with E-state index in [1.54, 1.807) is 0 Å². The summed E-state index contributed by atoms with van der Waals surface area (Å²) < 4.78 is 0. The van der Waals surface area contributed by atoms with Crippen LogP contribution >= 0.6 is 11.6 Å². The zero-order chi connectivity index (χ0) is 14.7. The first-order valence-corrected chi connectivity index (χ1v) is 7.30. The molecule has 0 atom stereocenters. The first-order valence-electron chi connectivity index (χ1n) is 6.92. The maximum absolute atomic E-state index is 6.08. The summed E-state index contributed by atoms with van der Waals surface area (Å²) in [7, 11) is 0. The lowest BCUT2D eigenvalue weighted by atomic mass is 10.1. The van der Waals surface area contributed by atoms with Crippen LogP contribution in [0.4, 0.5) is 5.69 Å². The van der Waals surface area contributed by atoms with Crippen LogP contribution in [0.5, 0.6) is 0 Å². The second-order valence-corrected chi connectivity index (χ2v) is 5.19. The van der Waals surface area contributed by atoms with Crippen LogP contribution in [-0.4, -0.2) is 11.2 Å². The van der Waals surface area contributed by atoms with Crippen molar-refractivity contribution in [3.63, 3.8) is 0 Å². The minimum atomic E-state index is 0.654. The summed E-state index contributed by atoms with van der Waals surface area (Å²) in [6.07, 6.45) is 4.79. The van der Waals surface area contributed by atoms with Crippen molar-refractivity contribution in [3.8, 4) is 0 Å².